The van der Waals surface area contributed by atoms with Crippen LogP contribution in [0.25, 0.3) is 11.3 Å². The molecule has 0 radical (unpaired) electrons. The Labute approximate surface area is 193 Å². The van der Waals surface area contributed by atoms with Gasteiger partial charge in [0, 0.05) is 23.8 Å². The summed E-state index contributed by atoms with van der Waals surface area (Å²) >= 11 is 1.21. The minimum Gasteiger partial charge on any atom is -0.494 e. The summed E-state index contributed by atoms with van der Waals surface area (Å²) in [6, 6.07) is 12.7. The van der Waals surface area contributed by atoms with E-state index in [9.17, 15) is 14.0 Å². The van der Waals surface area contributed by atoms with E-state index in [0.29, 0.717) is 29.6 Å². The summed E-state index contributed by atoms with van der Waals surface area (Å²) in [6.45, 7) is 4.35. The lowest BCUT2D eigenvalue weighted by Gasteiger charge is -2.14. The molecule has 10 heteroatoms. The van der Waals surface area contributed by atoms with Crippen LogP contribution in [0.3, 0.4) is 0 Å². The van der Waals surface area contributed by atoms with Crippen LogP contribution in [0, 0.1) is 5.82 Å². The predicted octanol–water partition coefficient (Wildman–Crippen LogP) is 3.93. The van der Waals surface area contributed by atoms with E-state index in [2.05, 4.69) is 15.5 Å². The van der Waals surface area contributed by atoms with E-state index in [-0.39, 0.29) is 22.9 Å². The highest BCUT2D eigenvalue weighted by Crippen LogP contribution is 2.25. The van der Waals surface area contributed by atoms with Crippen LogP contribution in [0.4, 0.5) is 10.1 Å². The molecule has 2 heterocycles. The Balaban J connectivity index is 1.56. The van der Waals surface area contributed by atoms with Gasteiger partial charge in [0.05, 0.1) is 11.9 Å². The van der Waals surface area contributed by atoms with Crippen LogP contribution in [0.2, 0.25) is 0 Å². The van der Waals surface area contributed by atoms with Crippen LogP contribution in [0.15, 0.2) is 70.9 Å². The number of halogens is 1. The number of rotatable bonds is 8. The molecular formula is C23H22FN5O3S. The van der Waals surface area contributed by atoms with Gasteiger partial charge in [0.2, 0.25) is 11.6 Å². The number of thioether (sulfide) groups is 1. The number of ether oxygens (including phenoxy) is 1. The Morgan fingerprint density at radius 3 is 2.48 bits per heavy atom. The van der Waals surface area contributed by atoms with Crippen molar-refractivity contribution in [2.24, 2.45) is 0 Å². The summed E-state index contributed by atoms with van der Waals surface area (Å²) in [5.41, 5.74) is 1.01. The first-order chi connectivity index (χ1) is 16.0. The van der Waals surface area contributed by atoms with Crippen molar-refractivity contribution in [1.82, 2.24) is 19.2 Å². The molecule has 0 spiro atoms. The molecule has 0 aliphatic heterocycles. The zero-order chi connectivity index (χ0) is 23.4. The van der Waals surface area contributed by atoms with Crippen LogP contribution in [0.1, 0.15) is 20.3 Å². The lowest BCUT2D eigenvalue weighted by molar-refractivity contribution is -0.115. The van der Waals surface area contributed by atoms with Gasteiger partial charge < -0.3 is 10.1 Å². The SMILES string of the molecule is CCOc1ccc(-n2ccn3c(SC(CC)C(=O)Nc4ccc(F)cc4)nnc3c2=O)cc1. The molecule has 4 aromatic rings. The molecular weight excluding hydrogens is 445 g/mol. The Bertz CT molecular complexity index is 1320. The predicted molar refractivity (Wildman–Crippen MR) is 125 cm³/mol. The minimum atomic E-state index is -0.476. The van der Waals surface area contributed by atoms with E-state index in [1.165, 1.54) is 40.6 Å². The molecule has 1 amide bonds. The highest BCUT2D eigenvalue weighted by molar-refractivity contribution is 8.00. The Morgan fingerprint density at radius 1 is 1.09 bits per heavy atom. The number of carbonyl (C=O) groups excluding carboxylic acids is 1. The van der Waals surface area contributed by atoms with E-state index in [4.69, 9.17) is 4.74 Å². The highest BCUT2D eigenvalue weighted by Gasteiger charge is 2.22. The average Bonchev–Trinajstić information content (AvgIpc) is 3.23. The van der Waals surface area contributed by atoms with Gasteiger partial charge in [-0.2, -0.15) is 0 Å². The highest BCUT2D eigenvalue weighted by atomic mass is 32.2. The largest absolute Gasteiger partial charge is 0.494 e. The van der Waals surface area contributed by atoms with Crippen molar-refractivity contribution < 1.29 is 13.9 Å². The van der Waals surface area contributed by atoms with Crippen molar-refractivity contribution in [1.29, 1.82) is 0 Å². The number of nitrogens with zero attached hydrogens (tertiary/aromatic N) is 4. The monoisotopic (exact) mass is 467 g/mol. The maximum Gasteiger partial charge on any atom is 0.300 e. The van der Waals surface area contributed by atoms with Crippen LogP contribution in [-0.4, -0.2) is 36.9 Å². The quantitative estimate of drug-likeness (QED) is 0.395. The second-order valence-corrected chi connectivity index (χ2v) is 8.26. The number of anilines is 1. The first-order valence-electron chi connectivity index (χ1n) is 10.4. The van der Waals surface area contributed by atoms with E-state index >= 15 is 0 Å². The van der Waals surface area contributed by atoms with E-state index < -0.39 is 5.25 Å². The third-order valence-electron chi connectivity index (χ3n) is 4.89. The van der Waals surface area contributed by atoms with Crippen molar-refractivity contribution in [2.45, 2.75) is 30.7 Å². The zero-order valence-corrected chi connectivity index (χ0v) is 18.9. The molecule has 1 N–H and O–H groups in total. The first kappa shape index (κ1) is 22.5. The van der Waals surface area contributed by atoms with Gasteiger partial charge in [-0.1, -0.05) is 18.7 Å². The lowest BCUT2D eigenvalue weighted by atomic mass is 10.2. The van der Waals surface area contributed by atoms with Gasteiger partial charge in [-0.3, -0.25) is 18.6 Å². The molecule has 2 aromatic carbocycles. The third-order valence-corrected chi connectivity index (χ3v) is 6.21. The number of fused-ring (bicyclic) bond motifs is 1. The number of hydrogen-bond donors (Lipinski definition) is 1. The summed E-state index contributed by atoms with van der Waals surface area (Å²) in [4.78, 5) is 25.7. The Morgan fingerprint density at radius 2 is 1.82 bits per heavy atom. The smallest absolute Gasteiger partial charge is 0.300 e. The molecule has 0 saturated carbocycles. The minimum absolute atomic E-state index is 0.155. The normalized spacial score (nSPS) is 12.0. The van der Waals surface area contributed by atoms with Gasteiger partial charge in [-0.15, -0.1) is 10.2 Å². The molecule has 170 valence electrons. The molecule has 2 aromatic heterocycles. The summed E-state index contributed by atoms with van der Waals surface area (Å²) in [7, 11) is 0. The van der Waals surface area contributed by atoms with Gasteiger partial charge in [-0.05, 0) is 61.9 Å². The molecule has 0 aliphatic rings. The van der Waals surface area contributed by atoms with Crippen molar-refractivity contribution in [3.8, 4) is 11.4 Å². The number of aromatic nitrogens is 4. The summed E-state index contributed by atoms with van der Waals surface area (Å²) < 4.78 is 21.6. The molecule has 0 bridgehead atoms. The van der Waals surface area contributed by atoms with E-state index in [1.54, 1.807) is 41.1 Å². The second kappa shape index (κ2) is 9.86. The Hall–Kier alpha value is -3.66. The number of nitrogens with one attached hydrogen (secondary N) is 1. The van der Waals surface area contributed by atoms with Gasteiger partial charge in [0.25, 0.3) is 0 Å². The van der Waals surface area contributed by atoms with Crippen LogP contribution < -0.4 is 15.6 Å². The second-order valence-electron chi connectivity index (χ2n) is 7.09. The third kappa shape index (κ3) is 4.90. The van der Waals surface area contributed by atoms with E-state index in [0.717, 1.165) is 5.75 Å². The zero-order valence-electron chi connectivity index (χ0n) is 18.1. The van der Waals surface area contributed by atoms with Gasteiger partial charge in [-0.25, -0.2) is 4.39 Å². The maximum absolute atomic E-state index is 13.1. The van der Waals surface area contributed by atoms with Crippen molar-refractivity contribution in [3.05, 3.63) is 77.1 Å². The number of amides is 1. The van der Waals surface area contributed by atoms with Crippen molar-refractivity contribution >= 4 is 29.0 Å². The summed E-state index contributed by atoms with van der Waals surface area (Å²) in [6.07, 6.45) is 3.86. The van der Waals surface area contributed by atoms with Crippen LogP contribution in [0.5, 0.6) is 5.75 Å². The fourth-order valence-electron chi connectivity index (χ4n) is 3.22. The Kier molecular flexibility index (Phi) is 6.74. The number of carbonyl (C=O) groups is 1. The molecule has 1 atom stereocenters. The molecule has 33 heavy (non-hydrogen) atoms. The topological polar surface area (TPSA) is 90.5 Å². The average molecular weight is 468 g/mol. The molecule has 0 aliphatic carbocycles. The van der Waals surface area contributed by atoms with Crippen molar-refractivity contribution in [3.63, 3.8) is 0 Å². The molecule has 0 fully saturated rings. The number of benzene rings is 2. The maximum atomic E-state index is 13.1. The molecule has 1 unspecified atom stereocenters. The fourth-order valence-corrected chi connectivity index (χ4v) is 4.16. The lowest BCUT2D eigenvalue weighted by Crippen LogP contribution is -2.25. The van der Waals surface area contributed by atoms with E-state index in [1.807, 2.05) is 13.8 Å². The first-order valence-corrected chi connectivity index (χ1v) is 11.3. The summed E-state index contributed by atoms with van der Waals surface area (Å²) in [5.74, 6) is 0.106. The molecule has 4 rings (SSSR count). The molecule has 8 nitrogen and oxygen atoms in total. The fraction of sp³-hybridized carbons (Fsp3) is 0.217. The number of hydrogen-bond acceptors (Lipinski definition) is 6. The van der Waals surface area contributed by atoms with Crippen LogP contribution in [-0.2, 0) is 4.79 Å². The van der Waals surface area contributed by atoms with Crippen molar-refractivity contribution in [2.75, 3.05) is 11.9 Å². The molecule has 0 saturated heterocycles. The van der Waals surface area contributed by atoms with Crippen LogP contribution >= 0.6 is 11.8 Å². The van der Waals surface area contributed by atoms with Gasteiger partial charge in [0.15, 0.2) is 5.16 Å². The van der Waals surface area contributed by atoms with Gasteiger partial charge in [0.1, 0.15) is 11.6 Å². The summed E-state index contributed by atoms with van der Waals surface area (Å²) in [5, 5.41) is 10.9. The van der Waals surface area contributed by atoms with Gasteiger partial charge >= 0.3 is 5.56 Å². The standard InChI is InChI=1S/C23H22FN5O3S/c1-3-19(21(30)25-16-7-5-15(24)6-8-16)33-23-27-26-20-22(31)28(13-14-29(20)23)17-9-11-18(12-10-17)32-4-2/h5-14,19H,3-4H2,1-2H3,(H,25,30).